The summed E-state index contributed by atoms with van der Waals surface area (Å²) in [7, 11) is 1.49. The van der Waals surface area contributed by atoms with Gasteiger partial charge in [-0.3, -0.25) is 0 Å². The number of hydrogen-bond acceptors (Lipinski definition) is 3. The maximum absolute atomic E-state index is 13.2. The topological polar surface area (TPSA) is 24.9 Å². The summed E-state index contributed by atoms with van der Waals surface area (Å²) in [6, 6.07) is 2.08. The van der Waals surface area contributed by atoms with Crippen LogP contribution in [0.2, 0.25) is 0 Å². The molecule has 2 nitrogen and oxygen atoms in total. The Kier molecular flexibility index (Phi) is 4.05. The minimum absolute atomic E-state index is 0.197. The number of thiazole rings is 1. The van der Waals surface area contributed by atoms with Gasteiger partial charge in [-0.05, 0) is 24.7 Å². The van der Waals surface area contributed by atoms with Crippen LogP contribution in [0.15, 0.2) is 24.4 Å². The van der Waals surface area contributed by atoms with Gasteiger partial charge in [0.2, 0.25) is 0 Å². The van der Waals surface area contributed by atoms with E-state index in [0.29, 0.717) is 17.4 Å². The predicted molar refractivity (Wildman–Crippen MR) is 64.4 cm³/mol. The highest BCUT2D eigenvalue weighted by Crippen LogP contribution is 2.36. The largest absolute Gasteiger partial charge is 0.443 e. The lowest BCUT2D eigenvalue weighted by Crippen LogP contribution is -2.17. The van der Waals surface area contributed by atoms with Gasteiger partial charge in [-0.2, -0.15) is 13.2 Å². The van der Waals surface area contributed by atoms with E-state index in [2.05, 4.69) is 10.3 Å². The van der Waals surface area contributed by atoms with Gasteiger partial charge < -0.3 is 5.32 Å². The van der Waals surface area contributed by atoms with Crippen LogP contribution in [0.25, 0.3) is 0 Å². The van der Waals surface area contributed by atoms with Gasteiger partial charge in [-0.25, -0.2) is 13.8 Å². The van der Waals surface area contributed by atoms with Crippen molar-refractivity contribution in [3.63, 3.8) is 0 Å². The molecule has 0 spiro atoms. The number of nitrogens with zero attached hydrogens (tertiary/aromatic N) is 1. The first kappa shape index (κ1) is 14.9. The SMILES string of the molecule is CNC(c1cc(F)cc(F)c1)c1cnc(C(F)(F)F)s1. The van der Waals surface area contributed by atoms with Crippen LogP contribution in [0.4, 0.5) is 22.0 Å². The lowest BCUT2D eigenvalue weighted by molar-refractivity contribution is -0.137. The summed E-state index contributed by atoms with van der Waals surface area (Å²) in [5, 5.41) is 1.73. The summed E-state index contributed by atoms with van der Waals surface area (Å²) >= 11 is 0.436. The molecule has 0 saturated heterocycles. The molecule has 0 saturated carbocycles. The number of aromatic nitrogens is 1. The molecule has 0 bridgehead atoms. The summed E-state index contributed by atoms with van der Waals surface area (Å²) in [6.45, 7) is 0. The zero-order valence-corrected chi connectivity index (χ0v) is 10.9. The van der Waals surface area contributed by atoms with Crippen molar-refractivity contribution < 1.29 is 22.0 Å². The van der Waals surface area contributed by atoms with Crippen molar-refractivity contribution in [2.45, 2.75) is 12.2 Å². The van der Waals surface area contributed by atoms with E-state index in [-0.39, 0.29) is 10.4 Å². The number of benzene rings is 1. The highest BCUT2D eigenvalue weighted by Gasteiger charge is 2.35. The van der Waals surface area contributed by atoms with Crippen molar-refractivity contribution in [3.8, 4) is 0 Å². The smallest absolute Gasteiger partial charge is 0.309 e. The molecule has 1 N–H and O–H groups in total. The quantitative estimate of drug-likeness (QED) is 0.874. The highest BCUT2D eigenvalue weighted by atomic mass is 32.1. The van der Waals surface area contributed by atoms with Crippen molar-refractivity contribution in [1.82, 2.24) is 10.3 Å². The Bertz CT molecular complexity index is 588. The average Bonchev–Trinajstić information content (AvgIpc) is 2.77. The van der Waals surface area contributed by atoms with Crippen LogP contribution in [0.5, 0.6) is 0 Å². The number of alkyl halides is 3. The molecule has 0 aliphatic heterocycles. The molecular formula is C12H9F5N2S. The van der Waals surface area contributed by atoms with E-state index >= 15 is 0 Å². The van der Waals surface area contributed by atoms with E-state index < -0.39 is 28.9 Å². The summed E-state index contributed by atoms with van der Waals surface area (Å²) in [4.78, 5) is 3.52. The molecule has 1 heterocycles. The van der Waals surface area contributed by atoms with Crippen LogP contribution in [-0.2, 0) is 6.18 Å². The molecule has 1 atom stereocenters. The average molecular weight is 308 g/mol. The van der Waals surface area contributed by atoms with E-state index in [1.54, 1.807) is 0 Å². The van der Waals surface area contributed by atoms with Crippen molar-refractivity contribution in [2.75, 3.05) is 7.05 Å². The number of rotatable bonds is 3. The van der Waals surface area contributed by atoms with Gasteiger partial charge >= 0.3 is 6.18 Å². The maximum atomic E-state index is 13.2. The van der Waals surface area contributed by atoms with Crippen LogP contribution in [0.1, 0.15) is 21.5 Å². The normalized spacial score (nSPS) is 13.5. The van der Waals surface area contributed by atoms with E-state index in [1.807, 2.05) is 0 Å². The molecule has 1 aromatic carbocycles. The van der Waals surface area contributed by atoms with Crippen LogP contribution < -0.4 is 5.32 Å². The van der Waals surface area contributed by atoms with Crippen LogP contribution in [-0.4, -0.2) is 12.0 Å². The second-order valence-corrected chi connectivity index (χ2v) is 5.05. The molecule has 8 heteroatoms. The molecular weight excluding hydrogens is 299 g/mol. The third kappa shape index (κ3) is 3.13. The number of halogens is 5. The predicted octanol–water partition coefficient (Wildman–Crippen LogP) is 3.75. The van der Waals surface area contributed by atoms with Gasteiger partial charge in [0.05, 0.1) is 6.04 Å². The first-order valence-corrected chi connectivity index (χ1v) is 6.29. The number of hydrogen-bond donors (Lipinski definition) is 1. The molecule has 0 aliphatic carbocycles. The summed E-state index contributed by atoms with van der Waals surface area (Å²) in [6.07, 6.45) is -3.48. The van der Waals surface area contributed by atoms with Gasteiger partial charge in [0, 0.05) is 17.1 Å². The Morgan fingerprint density at radius 1 is 1.15 bits per heavy atom. The van der Waals surface area contributed by atoms with Crippen LogP contribution in [0, 0.1) is 11.6 Å². The Morgan fingerprint density at radius 2 is 1.75 bits per heavy atom. The maximum Gasteiger partial charge on any atom is 0.443 e. The summed E-state index contributed by atoms with van der Waals surface area (Å²) < 4.78 is 63.9. The third-order valence-electron chi connectivity index (χ3n) is 2.56. The molecule has 0 amide bonds. The summed E-state index contributed by atoms with van der Waals surface area (Å²) in [5.41, 5.74) is 0.197. The second-order valence-electron chi connectivity index (χ2n) is 3.99. The summed E-state index contributed by atoms with van der Waals surface area (Å²) in [5.74, 6) is -1.58. The molecule has 108 valence electrons. The zero-order valence-electron chi connectivity index (χ0n) is 10.1. The van der Waals surface area contributed by atoms with E-state index in [0.717, 1.165) is 18.3 Å². The van der Waals surface area contributed by atoms with Gasteiger partial charge in [0.1, 0.15) is 11.6 Å². The van der Waals surface area contributed by atoms with Crippen LogP contribution >= 0.6 is 11.3 Å². The molecule has 0 fully saturated rings. The van der Waals surface area contributed by atoms with E-state index in [4.69, 9.17) is 0 Å². The van der Waals surface area contributed by atoms with Crippen LogP contribution in [0.3, 0.4) is 0 Å². The lowest BCUT2D eigenvalue weighted by Gasteiger charge is -2.14. The van der Waals surface area contributed by atoms with E-state index in [1.165, 1.54) is 7.05 Å². The fraction of sp³-hybridized carbons (Fsp3) is 0.250. The van der Waals surface area contributed by atoms with Gasteiger partial charge in [0.15, 0.2) is 5.01 Å². The Hall–Kier alpha value is -1.54. The standard InChI is InChI=1S/C12H9F5N2S/c1-18-10(6-2-7(13)4-8(14)3-6)9-5-19-11(20-9)12(15,16)17/h2-5,10,18H,1H3. The molecule has 0 aliphatic rings. The molecule has 2 rings (SSSR count). The Balaban J connectivity index is 2.39. The highest BCUT2D eigenvalue weighted by molar-refractivity contribution is 7.11. The molecule has 2 aromatic rings. The van der Waals surface area contributed by atoms with Crippen molar-refractivity contribution in [3.05, 3.63) is 51.5 Å². The first-order valence-electron chi connectivity index (χ1n) is 5.47. The van der Waals surface area contributed by atoms with Crippen molar-refractivity contribution in [2.24, 2.45) is 0 Å². The fourth-order valence-corrected chi connectivity index (χ4v) is 2.69. The van der Waals surface area contributed by atoms with E-state index in [9.17, 15) is 22.0 Å². The lowest BCUT2D eigenvalue weighted by atomic mass is 10.1. The van der Waals surface area contributed by atoms with Gasteiger partial charge in [0.25, 0.3) is 0 Å². The van der Waals surface area contributed by atoms with Crippen molar-refractivity contribution >= 4 is 11.3 Å². The number of nitrogens with one attached hydrogen (secondary N) is 1. The minimum Gasteiger partial charge on any atom is -0.309 e. The second kappa shape index (κ2) is 5.45. The van der Waals surface area contributed by atoms with Crippen molar-refractivity contribution in [1.29, 1.82) is 0 Å². The molecule has 20 heavy (non-hydrogen) atoms. The monoisotopic (exact) mass is 308 g/mol. The Labute approximate surface area is 115 Å². The fourth-order valence-electron chi connectivity index (χ4n) is 1.77. The zero-order chi connectivity index (χ0) is 14.9. The Morgan fingerprint density at radius 3 is 2.20 bits per heavy atom. The third-order valence-corrected chi connectivity index (χ3v) is 3.66. The molecule has 1 unspecified atom stereocenters. The molecule has 1 aromatic heterocycles. The minimum atomic E-state index is -4.53. The molecule has 0 radical (unpaired) electrons. The van der Waals surface area contributed by atoms with Gasteiger partial charge in [-0.1, -0.05) is 0 Å². The van der Waals surface area contributed by atoms with Gasteiger partial charge in [-0.15, -0.1) is 11.3 Å². The first-order chi connectivity index (χ1) is 9.31.